The van der Waals surface area contributed by atoms with E-state index in [0.717, 1.165) is 0 Å². The minimum Gasteiger partial charge on any atom is -0.412 e. The summed E-state index contributed by atoms with van der Waals surface area (Å²) >= 11 is 0. The normalized spacial score (nSPS) is 12.2. The van der Waals surface area contributed by atoms with Gasteiger partial charge in [0.15, 0.2) is 0 Å². The van der Waals surface area contributed by atoms with Crippen LogP contribution in [0.25, 0.3) is 0 Å². The number of hydrogen-bond donors (Lipinski definition) is 6. The van der Waals surface area contributed by atoms with Crippen LogP contribution in [0.5, 0.6) is 0 Å². The Morgan fingerprint density at radius 1 is 0.875 bits per heavy atom. The van der Waals surface area contributed by atoms with E-state index >= 15 is 0 Å². The van der Waals surface area contributed by atoms with Crippen LogP contribution in [0.3, 0.4) is 0 Å². The highest BCUT2D eigenvalue weighted by atomic mass is 32.3. The Labute approximate surface area is 94.3 Å². The molecule has 0 radical (unpaired) electrons. The summed E-state index contributed by atoms with van der Waals surface area (Å²) in [5.41, 5.74) is 3.08. The summed E-state index contributed by atoms with van der Waals surface area (Å²) in [6.45, 7) is 7.10. The van der Waals surface area contributed by atoms with Crippen molar-refractivity contribution < 1.29 is 33.4 Å². The van der Waals surface area contributed by atoms with Gasteiger partial charge < -0.3 is 15.9 Å². The molecule has 0 unspecified atom stereocenters. The standard InChI is InChI=1S/C6H16N2O2.H2O4S.H2O/c1-5(2,7-9)6(3,4)8-10;1-5(2,3)4;/h7-10H,1-4H3;(H2,1,2,3,4);1H2. The van der Waals surface area contributed by atoms with Gasteiger partial charge in [-0.3, -0.25) is 9.11 Å². The van der Waals surface area contributed by atoms with Gasteiger partial charge in [0.05, 0.1) is 11.1 Å². The number of rotatable bonds is 3. The van der Waals surface area contributed by atoms with E-state index in [4.69, 9.17) is 27.9 Å². The van der Waals surface area contributed by atoms with Crippen molar-refractivity contribution in [3.63, 3.8) is 0 Å². The van der Waals surface area contributed by atoms with Crippen molar-refractivity contribution >= 4 is 10.4 Å². The average molecular weight is 264 g/mol. The Balaban J connectivity index is -0.000000242. The van der Waals surface area contributed by atoms with Crippen LogP contribution in [0.4, 0.5) is 0 Å². The van der Waals surface area contributed by atoms with Gasteiger partial charge in [0, 0.05) is 0 Å². The second-order valence-corrected chi connectivity index (χ2v) is 4.82. The molecule has 8 N–H and O–H groups in total. The first-order valence-corrected chi connectivity index (χ1v) is 5.29. The predicted octanol–water partition coefficient (Wildman–Crippen LogP) is -0.976. The Hall–Kier alpha value is -0.330. The van der Waals surface area contributed by atoms with Crippen molar-refractivity contribution in [2.75, 3.05) is 0 Å². The molecule has 16 heavy (non-hydrogen) atoms. The first-order chi connectivity index (χ1) is 6.37. The van der Waals surface area contributed by atoms with Crippen LogP contribution >= 0.6 is 0 Å². The van der Waals surface area contributed by atoms with Crippen LogP contribution in [0.2, 0.25) is 0 Å². The van der Waals surface area contributed by atoms with Gasteiger partial charge in [-0.15, -0.1) is 0 Å². The maximum Gasteiger partial charge on any atom is 0.394 e. The summed E-state index contributed by atoms with van der Waals surface area (Å²) in [7, 11) is -4.67. The zero-order valence-corrected chi connectivity index (χ0v) is 10.3. The van der Waals surface area contributed by atoms with Gasteiger partial charge in [-0.05, 0) is 27.7 Å². The van der Waals surface area contributed by atoms with E-state index in [1.807, 2.05) is 0 Å². The molecule has 10 heteroatoms. The van der Waals surface area contributed by atoms with Crippen LogP contribution in [0.15, 0.2) is 0 Å². The Morgan fingerprint density at radius 3 is 1.06 bits per heavy atom. The van der Waals surface area contributed by atoms with Gasteiger partial charge in [0.25, 0.3) is 0 Å². The first-order valence-electron chi connectivity index (χ1n) is 3.90. The molecule has 0 saturated heterocycles. The maximum atomic E-state index is 8.74. The van der Waals surface area contributed by atoms with E-state index in [1.54, 1.807) is 27.7 Å². The molecule has 0 aromatic carbocycles. The highest BCUT2D eigenvalue weighted by Gasteiger charge is 2.36. The van der Waals surface area contributed by atoms with Gasteiger partial charge in [-0.25, -0.2) is 0 Å². The summed E-state index contributed by atoms with van der Waals surface area (Å²) < 4.78 is 31.6. The van der Waals surface area contributed by atoms with Crippen LogP contribution in [-0.2, 0) is 10.4 Å². The van der Waals surface area contributed by atoms with Crippen LogP contribution in [-0.4, -0.2) is 44.5 Å². The third-order valence-electron chi connectivity index (χ3n) is 2.12. The van der Waals surface area contributed by atoms with Crippen LogP contribution < -0.4 is 11.0 Å². The lowest BCUT2D eigenvalue weighted by atomic mass is 9.84. The van der Waals surface area contributed by atoms with Crippen molar-refractivity contribution in [2.24, 2.45) is 0 Å². The highest BCUT2D eigenvalue weighted by Crippen LogP contribution is 2.18. The fourth-order valence-electron chi connectivity index (χ4n) is 0.280. The summed E-state index contributed by atoms with van der Waals surface area (Å²) in [4.78, 5) is 0. The summed E-state index contributed by atoms with van der Waals surface area (Å²) in [5.74, 6) is 0. The quantitative estimate of drug-likeness (QED) is 0.279. The van der Waals surface area contributed by atoms with Gasteiger partial charge in [-0.2, -0.15) is 19.4 Å². The molecule has 0 rings (SSSR count). The molecule has 0 amide bonds. The van der Waals surface area contributed by atoms with Crippen molar-refractivity contribution in [2.45, 2.75) is 38.8 Å². The lowest BCUT2D eigenvalue weighted by Gasteiger charge is -2.38. The minimum absolute atomic E-state index is 0. The number of hydrogen-bond acceptors (Lipinski definition) is 6. The average Bonchev–Trinajstić information content (AvgIpc) is 2.01. The predicted molar refractivity (Wildman–Crippen MR) is 55.8 cm³/mol. The third-order valence-corrected chi connectivity index (χ3v) is 2.12. The van der Waals surface area contributed by atoms with Crippen molar-refractivity contribution in [3.05, 3.63) is 0 Å². The first kappa shape index (κ1) is 21.0. The number of nitrogens with one attached hydrogen (secondary N) is 2. The van der Waals surface area contributed by atoms with E-state index in [1.165, 1.54) is 0 Å². The maximum absolute atomic E-state index is 8.74. The van der Waals surface area contributed by atoms with E-state index in [9.17, 15) is 0 Å². The fourth-order valence-corrected chi connectivity index (χ4v) is 0.280. The molecule has 0 heterocycles. The molecule has 0 aliphatic heterocycles. The van der Waals surface area contributed by atoms with E-state index in [2.05, 4.69) is 11.0 Å². The minimum atomic E-state index is -4.67. The monoisotopic (exact) mass is 264 g/mol. The molecule has 0 saturated carbocycles. The lowest BCUT2D eigenvalue weighted by Crippen LogP contribution is -2.61. The molecule has 9 nitrogen and oxygen atoms in total. The van der Waals surface area contributed by atoms with Gasteiger partial charge >= 0.3 is 10.4 Å². The molecule has 0 bridgehead atoms. The van der Waals surface area contributed by atoms with Gasteiger partial charge in [0.2, 0.25) is 0 Å². The molecule has 0 atom stereocenters. The van der Waals surface area contributed by atoms with Crippen molar-refractivity contribution in [3.8, 4) is 0 Å². The molecule has 0 fully saturated rings. The molecule has 0 aliphatic carbocycles. The van der Waals surface area contributed by atoms with Crippen LogP contribution in [0, 0.1) is 0 Å². The molecular weight excluding hydrogens is 244 g/mol. The largest absolute Gasteiger partial charge is 0.412 e. The summed E-state index contributed by atoms with van der Waals surface area (Å²) in [6.07, 6.45) is 0. The Bertz CT molecular complexity index is 253. The third kappa shape index (κ3) is 10.2. The molecule has 0 aromatic heterocycles. The molecule has 0 spiro atoms. The second kappa shape index (κ2) is 7.09. The SMILES string of the molecule is CC(C)(NO)C(C)(C)NO.O.O=S(=O)(O)O. The Morgan fingerprint density at radius 2 is 1.00 bits per heavy atom. The van der Waals surface area contributed by atoms with Gasteiger partial charge in [-0.1, -0.05) is 0 Å². The second-order valence-electron chi connectivity index (χ2n) is 3.92. The molecule has 0 aromatic rings. The Kier molecular flexibility index (Phi) is 9.30. The van der Waals surface area contributed by atoms with Crippen molar-refractivity contribution in [1.82, 2.24) is 11.0 Å². The van der Waals surface area contributed by atoms with E-state index in [-0.39, 0.29) is 5.48 Å². The van der Waals surface area contributed by atoms with E-state index < -0.39 is 21.5 Å². The zero-order valence-electron chi connectivity index (χ0n) is 9.51. The smallest absolute Gasteiger partial charge is 0.394 e. The topological polar surface area (TPSA) is 171 Å². The summed E-state index contributed by atoms with van der Waals surface area (Å²) in [6, 6.07) is 0. The summed E-state index contributed by atoms with van der Waals surface area (Å²) in [5, 5.41) is 17.3. The van der Waals surface area contributed by atoms with Crippen molar-refractivity contribution in [1.29, 1.82) is 0 Å². The van der Waals surface area contributed by atoms with E-state index in [0.29, 0.717) is 0 Å². The molecule has 102 valence electrons. The molecular formula is C6H20N2O7S. The fraction of sp³-hybridized carbons (Fsp3) is 1.00. The van der Waals surface area contributed by atoms with Crippen LogP contribution in [0.1, 0.15) is 27.7 Å². The highest BCUT2D eigenvalue weighted by molar-refractivity contribution is 7.79. The lowest BCUT2D eigenvalue weighted by molar-refractivity contribution is -0.0285. The van der Waals surface area contributed by atoms with Gasteiger partial charge in [0.1, 0.15) is 0 Å². The molecule has 0 aliphatic rings. The number of hydroxylamine groups is 2. The zero-order chi connectivity index (χ0) is 12.9.